The Hall–Kier alpha value is -5.42. The van der Waals surface area contributed by atoms with Crippen molar-refractivity contribution in [3.63, 3.8) is 0 Å². The lowest BCUT2D eigenvalue weighted by molar-refractivity contribution is 0.195. The number of hydrogen-bond donors (Lipinski definition) is 0. The molecule has 0 bridgehead atoms. The van der Waals surface area contributed by atoms with Crippen LogP contribution in [0.25, 0.3) is 55.0 Å². The van der Waals surface area contributed by atoms with E-state index in [2.05, 4.69) is 185 Å². The summed E-state index contributed by atoms with van der Waals surface area (Å²) in [6.45, 7) is 31.6. The van der Waals surface area contributed by atoms with E-state index < -0.39 is 0 Å². The fourth-order valence-electron chi connectivity index (χ4n) is 14.0. The Labute approximate surface area is 391 Å². The first kappa shape index (κ1) is 40.8. The molecular weight excluding hydrogens is 803 g/mol. The average Bonchev–Trinajstić information content (AvgIpc) is 3.88. The van der Waals surface area contributed by atoms with Crippen molar-refractivity contribution in [1.29, 1.82) is 0 Å². The largest absolute Gasteiger partial charge is 0.456 e. The number of nitrogens with zero attached hydrogens (tertiary/aromatic N) is 2. The number of furan rings is 2. The third-order valence-electron chi connectivity index (χ3n) is 18.3. The van der Waals surface area contributed by atoms with Crippen LogP contribution in [-0.2, 0) is 27.1 Å². The normalized spacial score (nSPS) is 22.5. The number of benzene rings is 6. The molecular formula is C61H65BN2O2. The molecule has 0 amide bonds. The highest BCUT2D eigenvalue weighted by Gasteiger charge is 2.62. The molecule has 2 aromatic heterocycles. The molecule has 2 aliphatic carbocycles. The van der Waals surface area contributed by atoms with E-state index in [1.807, 2.05) is 0 Å². The molecule has 0 saturated heterocycles. The van der Waals surface area contributed by atoms with Gasteiger partial charge in [-0.15, -0.1) is 0 Å². The zero-order valence-electron chi connectivity index (χ0n) is 41.6. The van der Waals surface area contributed by atoms with Gasteiger partial charge in [-0.1, -0.05) is 131 Å². The van der Waals surface area contributed by atoms with Crippen LogP contribution in [0.5, 0.6) is 0 Å². The van der Waals surface area contributed by atoms with E-state index in [-0.39, 0.29) is 39.5 Å². The number of fused-ring (bicyclic) bond motifs is 15. The monoisotopic (exact) mass is 869 g/mol. The maximum absolute atomic E-state index is 7.04. The van der Waals surface area contributed by atoms with Gasteiger partial charge in [-0.05, 0) is 154 Å². The Morgan fingerprint density at radius 3 is 1.94 bits per heavy atom. The second kappa shape index (κ2) is 12.6. The van der Waals surface area contributed by atoms with Gasteiger partial charge in [0.25, 0.3) is 0 Å². The van der Waals surface area contributed by atoms with E-state index in [0.717, 1.165) is 28.8 Å². The summed E-state index contributed by atoms with van der Waals surface area (Å²) < 4.78 is 14.0. The van der Waals surface area contributed by atoms with Crippen molar-refractivity contribution in [2.75, 3.05) is 9.71 Å². The zero-order chi connectivity index (χ0) is 46.0. The summed E-state index contributed by atoms with van der Waals surface area (Å²) in [5.41, 5.74) is 22.9. The van der Waals surface area contributed by atoms with Crippen molar-refractivity contribution >= 4 is 84.4 Å². The van der Waals surface area contributed by atoms with Gasteiger partial charge in [0.15, 0.2) is 0 Å². The molecule has 5 heterocycles. The molecule has 8 aromatic rings. The summed E-state index contributed by atoms with van der Waals surface area (Å²) in [6, 6.07) is 33.4. The number of rotatable bonds is 1. The summed E-state index contributed by atoms with van der Waals surface area (Å²) in [5, 5.41) is 4.79. The molecule has 66 heavy (non-hydrogen) atoms. The quantitative estimate of drug-likeness (QED) is 0.154. The van der Waals surface area contributed by atoms with Crippen LogP contribution in [0.2, 0.25) is 0 Å². The van der Waals surface area contributed by atoms with E-state index in [9.17, 15) is 0 Å². The minimum absolute atomic E-state index is 0.00300. The highest BCUT2D eigenvalue weighted by Crippen LogP contribution is 2.64. The summed E-state index contributed by atoms with van der Waals surface area (Å²) in [5.74, 6) is 0. The second-order valence-electron chi connectivity index (χ2n) is 25.2. The molecule has 0 N–H and O–H groups in total. The third kappa shape index (κ3) is 5.08. The molecule has 1 saturated carbocycles. The molecule has 5 heteroatoms. The Kier molecular flexibility index (Phi) is 7.77. The van der Waals surface area contributed by atoms with Crippen molar-refractivity contribution < 1.29 is 8.83 Å². The Morgan fingerprint density at radius 1 is 0.545 bits per heavy atom. The summed E-state index contributed by atoms with van der Waals surface area (Å²) in [6.07, 6.45) is 7.14. The van der Waals surface area contributed by atoms with Gasteiger partial charge in [-0.3, -0.25) is 0 Å². The van der Waals surface area contributed by atoms with Crippen LogP contribution in [0.3, 0.4) is 0 Å². The zero-order valence-corrected chi connectivity index (χ0v) is 41.6. The Bertz CT molecular complexity index is 3480. The molecule has 0 radical (unpaired) electrons. The molecule has 4 nitrogen and oxygen atoms in total. The lowest BCUT2D eigenvalue weighted by Gasteiger charge is -2.53. The molecule has 13 rings (SSSR count). The highest BCUT2D eigenvalue weighted by molar-refractivity contribution is 6.94. The molecule has 1 fully saturated rings. The van der Waals surface area contributed by atoms with E-state index >= 15 is 0 Å². The predicted octanol–water partition coefficient (Wildman–Crippen LogP) is 15.7. The first-order valence-corrected chi connectivity index (χ1v) is 25.0. The van der Waals surface area contributed by atoms with Gasteiger partial charge in [0, 0.05) is 44.2 Å². The highest BCUT2D eigenvalue weighted by atomic mass is 16.3. The van der Waals surface area contributed by atoms with E-state index in [4.69, 9.17) is 8.83 Å². The predicted molar refractivity (Wildman–Crippen MR) is 280 cm³/mol. The van der Waals surface area contributed by atoms with Crippen LogP contribution in [0, 0.1) is 6.92 Å². The molecule has 2 atom stereocenters. The van der Waals surface area contributed by atoms with E-state index in [1.54, 1.807) is 0 Å². The Balaban J connectivity index is 1.24. The first-order chi connectivity index (χ1) is 31.1. The van der Waals surface area contributed by atoms with Crippen LogP contribution >= 0.6 is 0 Å². The van der Waals surface area contributed by atoms with E-state index in [0.29, 0.717) is 0 Å². The lowest BCUT2D eigenvalue weighted by Crippen LogP contribution is -2.65. The number of para-hydroxylation sites is 1. The van der Waals surface area contributed by atoms with Gasteiger partial charge in [0.05, 0.1) is 16.6 Å². The van der Waals surface area contributed by atoms with Crippen LogP contribution < -0.4 is 20.6 Å². The van der Waals surface area contributed by atoms with Gasteiger partial charge >= 0.3 is 6.85 Å². The molecule has 2 unspecified atom stereocenters. The van der Waals surface area contributed by atoms with Gasteiger partial charge in [-0.25, -0.2) is 0 Å². The SMILES string of the molecule is Cc1cc2c(cc1N1B3c4cc(C(C)(C)C)cc5c4N(c4c3c(cc3oc6ccccc6c43)-c3cc4oc6ccc(C(C)(C)C)cc6c4cc31)C1(C)CCCCC51C)C(C)(C)CCC2(C)C. The second-order valence-corrected chi connectivity index (χ2v) is 25.2. The minimum Gasteiger partial charge on any atom is -0.456 e. The van der Waals surface area contributed by atoms with Crippen molar-refractivity contribution in [1.82, 2.24) is 0 Å². The maximum atomic E-state index is 7.04. The molecule has 3 aliphatic heterocycles. The van der Waals surface area contributed by atoms with Gasteiger partial charge in [-0.2, -0.15) is 0 Å². The maximum Gasteiger partial charge on any atom is 0.333 e. The molecule has 6 aromatic carbocycles. The molecule has 5 aliphatic rings. The summed E-state index contributed by atoms with van der Waals surface area (Å²) >= 11 is 0. The smallest absolute Gasteiger partial charge is 0.333 e. The molecule has 334 valence electrons. The van der Waals surface area contributed by atoms with Gasteiger partial charge in [0.1, 0.15) is 22.3 Å². The van der Waals surface area contributed by atoms with Crippen LogP contribution in [0.4, 0.5) is 22.7 Å². The van der Waals surface area contributed by atoms with Crippen LogP contribution in [0.15, 0.2) is 93.8 Å². The van der Waals surface area contributed by atoms with Crippen molar-refractivity contribution in [2.45, 2.75) is 161 Å². The number of hydrogen-bond acceptors (Lipinski definition) is 4. The topological polar surface area (TPSA) is 32.8 Å². The Morgan fingerprint density at radius 2 is 1.20 bits per heavy atom. The summed E-state index contributed by atoms with van der Waals surface area (Å²) in [4.78, 5) is 5.71. The minimum atomic E-state index is -0.139. The summed E-state index contributed by atoms with van der Waals surface area (Å²) in [7, 11) is 0. The van der Waals surface area contributed by atoms with Crippen molar-refractivity contribution in [3.05, 3.63) is 118 Å². The number of aryl methyl sites for hydroxylation is 1. The van der Waals surface area contributed by atoms with Crippen LogP contribution in [-0.4, -0.2) is 12.4 Å². The van der Waals surface area contributed by atoms with Gasteiger partial charge < -0.3 is 18.5 Å². The average molecular weight is 869 g/mol. The fraction of sp³-hybridized carbons (Fsp3) is 0.410. The molecule has 0 spiro atoms. The number of anilines is 4. The standard InChI is InChI=1S/C61H65BN2O2/c1-34-26-42-43(59(10,11)25-24-58(42,8)9)33-46(34)64-47-30-40-39-27-35(56(2,3)4)20-21-49(39)65-50(40)31-38(47)41-32-51-52(37-18-14-15-19-48(37)66-51)55-53(41)62(64)45-29-36(57(5,6)7)28-44-54(45)63(55)61(13)23-17-16-22-60(44,61)12/h14-15,18-21,26-33H,16-17,22-25H2,1-13H3. The van der Waals surface area contributed by atoms with Crippen LogP contribution in [0.1, 0.15) is 155 Å². The van der Waals surface area contributed by atoms with Crippen molar-refractivity contribution in [2.24, 2.45) is 0 Å². The van der Waals surface area contributed by atoms with Gasteiger partial charge in [0.2, 0.25) is 0 Å². The van der Waals surface area contributed by atoms with E-state index in [1.165, 1.54) is 132 Å². The first-order valence-electron chi connectivity index (χ1n) is 25.0. The lowest BCUT2D eigenvalue weighted by atomic mass is 9.42. The third-order valence-corrected chi connectivity index (χ3v) is 18.3. The fourth-order valence-corrected chi connectivity index (χ4v) is 14.0. The van der Waals surface area contributed by atoms with Crippen molar-refractivity contribution in [3.8, 4) is 11.1 Å².